The minimum Gasteiger partial charge on any atom is -0.348 e. The number of likely N-dealkylation sites (N-methyl/N-ethyl adjacent to an activating group) is 1. The van der Waals surface area contributed by atoms with Gasteiger partial charge in [-0.25, -0.2) is 8.42 Å². The molecule has 94 valence electrons. The molecule has 6 heteroatoms. The number of pyridine rings is 1. The molecule has 0 fully saturated rings. The van der Waals surface area contributed by atoms with Crippen molar-refractivity contribution >= 4 is 15.7 Å². The second-order valence-electron chi connectivity index (χ2n) is 3.85. The molecule has 1 amide bonds. The van der Waals surface area contributed by atoms with Gasteiger partial charge in [0.15, 0.2) is 9.84 Å². The van der Waals surface area contributed by atoms with Gasteiger partial charge in [0.2, 0.25) is 5.91 Å². The number of amides is 1. The maximum atomic E-state index is 11.6. The Hall–Kier alpha value is -1.43. The Morgan fingerprint density at radius 1 is 1.41 bits per heavy atom. The van der Waals surface area contributed by atoms with E-state index in [2.05, 4.69) is 4.98 Å². The maximum Gasteiger partial charge on any atom is 0.228 e. The first kappa shape index (κ1) is 13.6. The van der Waals surface area contributed by atoms with E-state index in [0.717, 1.165) is 0 Å². The van der Waals surface area contributed by atoms with Crippen LogP contribution in [0.4, 0.5) is 0 Å². The summed E-state index contributed by atoms with van der Waals surface area (Å²) in [4.78, 5) is 17.1. The molecule has 1 aromatic rings. The fourth-order valence-electron chi connectivity index (χ4n) is 1.23. The Bertz CT molecular complexity index is 509. The van der Waals surface area contributed by atoms with Gasteiger partial charge in [-0.15, -0.1) is 0 Å². The topological polar surface area (TPSA) is 67.3 Å². The van der Waals surface area contributed by atoms with Gasteiger partial charge in [-0.3, -0.25) is 9.78 Å². The van der Waals surface area contributed by atoms with Crippen LogP contribution >= 0.6 is 0 Å². The molecular weight excluding hydrogens is 240 g/mol. The molecule has 0 bridgehead atoms. The third-order valence-corrected chi connectivity index (χ3v) is 4.09. The van der Waals surface area contributed by atoms with Crippen molar-refractivity contribution in [3.8, 4) is 0 Å². The number of hydrogen-bond acceptors (Lipinski definition) is 4. The normalized spacial score (nSPS) is 11.2. The summed E-state index contributed by atoms with van der Waals surface area (Å²) < 4.78 is 23.3. The van der Waals surface area contributed by atoms with Crippen molar-refractivity contribution < 1.29 is 13.2 Å². The van der Waals surface area contributed by atoms with E-state index in [-0.39, 0.29) is 23.0 Å². The molecule has 17 heavy (non-hydrogen) atoms. The van der Waals surface area contributed by atoms with Crippen LogP contribution in [0.3, 0.4) is 0 Å². The smallest absolute Gasteiger partial charge is 0.228 e. The number of aromatic nitrogens is 1. The lowest BCUT2D eigenvalue weighted by Crippen LogP contribution is -2.24. The predicted molar refractivity (Wildman–Crippen MR) is 64.4 cm³/mol. The molecule has 0 aromatic carbocycles. The lowest BCUT2D eigenvalue weighted by molar-refractivity contribution is -0.128. The zero-order valence-corrected chi connectivity index (χ0v) is 11.0. The Labute approximate surface area is 101 Å². The van der Waals surface area contributed by atoms with Crippen LogP contribution in [-0.4, -0.2) is 44.1 Å². The van der Waals surface area contributed by atoms with Crippen molar-refractivity contribution in [3.63, 3.8) is 0 Å². The Morgan fingerprint density at radius 3 is 2.59 bits per heavy atom. The van der Waals surface area contributed by atoms with Gasteiger partial charge in [0.1, 0.15) is 0 Å². The maximum absolute atomic E-state index is 11.6. The average molecular weight is 256 g/mol. The van der Waals surface area contributed by atoms with Crippen LogP contribution in [0.2, 0.25) is 0 Å². The van der Waals surface area contributed by atoms with Crippen LogP contribution in [0.1, 0.15) is 12.6 Å². The summed E-state index contributed by atoms with van der Waals surface area (Å²) >= 11 is 0. The molecule has 1 rings (SSSR count). The van der Waals surface area contributed by atoms with E-state index in [1.54, 1.807) is 21.0 Å². The molecule has 0 aliphatic carbocycles. The second-order valence-corrected chi connectivity index (χ2v) is 6.13. The lowest BCUT2D eigenvalue weighted by atomic mass is 10.2. The lowest BCUT2D eigenvalue weighted by Gasteiger charge is -2.10. The van der Waals surface area contributed by atoms with Crippen molar-refractivity contribution in [1.82, 2.24) is 9.88 Å². The number of hydrogen-bond donors (Lipinski definition) is 0. The van der Waals surface area contributed by atoms with Gasteiger partial charge in [0.25, 0.3) is 0 Å². The molecule has 0 radical (unpaired) electrons. The van der Waals surface area contributed by atoms with Crippen LogP contribution < -0.4 is 0 Å². The van der Waals surface area contributed by atoms with Crippen LogP contribution in [0, 0.1) is 0 Å². The molecule has 0 spiro atoms. The SMILES string of the molecule is CCS(=O)(=O)c1ccnc(CC(=O)N(C)C)c1. The summed E-state index contributed by atoms with van der Waals surface area (Å²) in [5.74, 6) is -0.0681. The Morgan fingerprint density at radius 2 is 2.06 bits per heavy atom. The number of carbonyl (C=O) groups excluding carboxylic acids is 1. The zero-order valence-electron chi connectivity index (χ0n) is 10.2. The van der Waals surface area contributed by atoms with E-state index in [9.17, 15) is 13.2 Å². The summed E-state index contributed by atoms with van der Waals surface area (Å²) in [6, 6.07) is 2.91. The van der Waals surface area contributed by atoms with Crippen LogP contribution in [0.5, 0.6) is 0 Å². The van der Waals surface area contributed by atoms with Crippen molar-refractivity contribution in [3.05, 3.63) is 24.0 Å². The molecule has 0 unspecified atom stereocenters. The Balaban J connectivity index is 2.99. The van der Waals surface area contributed by atoms with Crippen LogP contribution in [0.15, 0.2) is 23.2 Å². The van der Waals surface area contributed by atoms with Gasteiger partial charge in [-0.2, -0.15) is 0 Å². The van der Waals surface area contributed by atoms with Gasteiger partial charge >= 0.3 is 0 Å². The minimum atomic E-state index is -3.24. The summed E-state index contributed by atoms with van der Waals surface area (Å²) in [6.45, 7) is 1.58. The first-order valence-corrected chi connectivity index (χ1v) is 6.90. The third kappa shape index (κ3) is 3.52. The largest absolute Gasteiger partial charge is 0.348 e. The first-order chi connectivity index (χ1) is 7.86. The highest BCUT2D eigenvalue weighted by Gasteiger charge is 2.14. The van der Waals surface area contributed by atoms with E-state index in [0.29, 0.717) is 5.69 Å². The summed E-state index contributed by atoms with van der Waals surface area (Å²) in [5.41, 5.74) is 0.471. The number of sulfone groups is 1. The van der Waals surface area contributed by atoms with Crippen molar-refractivity contribution in [2.24, 2.45) is 0 Å². The van der Waals surface area contributed by atoms with E-state index < -0.39 is 9.84 Å². The molecule has 1 heterocycles. The van der Waals surface area contributed by atoms with E-state index in [1.807, 2.05) is 0 Å². The van der Waals surface area contributed by atoms with Crippen molar-refractivity contribution in [2.45, 2.75) is 18.2 Å². The molecule has 1 aromatic heterocycles. The molecule has 0 saturated heterocycles. The predicted octanol–water partition coefficient (Wildman–Crippen LogP) is 0.506. The first-order valence-electron chi connectivity index (χ1n) is 5.24. The van der Waals surface area contributed by atoms with Crippen LogP contribution in [0.25, 0.3) is 0 Å². The monoisotopic (exact) mass is 256 g/mol. The number of nitrogens with zero attached hydrogens (tertiary/aromatic N) is 2. The van der Waals surface area contributed by atoms with E-state index >= 15 is 0 Å². The quantitative estimate of drug-likeness (QED) is 0.787. The summed E-state index contributed by atoms with van der Waals surface area (Å²) in [6.07, 6.45) is 1.53. The van der Waals surface area contributed by atoms with Crippen LogP contribution in [-0.2, 0) is 21.1 Å². The van der Waals surface area contributed by atoms with Crippen molar-refractivity contribution in [1.29, 1.82) is 0 Å². The molecule has 0 aliphatic heterocycles. The standard InChI is InChI=1S/C11H16N2O3S/c1-4-17(15,16)10-5-6-12-9(7-10)8-11(14)13(2)3/h5-7H,4,8H2,1-3H3. The molecule has 0 saturated carbocycles. The highest BCUT2D eigenvalue weighted by molar-refractivity contribution is 7.91. The molecule has 0 atom stereocenters. The fraction of sp³-hybridized carbons (Fsp3) is 0.455. The Kier molecular flexibility index (Phi) is 4.22. The summed E-state index contributed by atoms with van der Waals surface area (Å²) in [7, 11) is 0.0539. The van der Waals surface area contributed by atoms with Gasteiger partial charge in [0.05, 0.1) is 22.8 Å². The van der Waals surface area contributed by atoms with E-state index in [4.69, 9.17) is 0 Å². The highest BCUT2D eigenvalue weighted by atomic mass is 32.2. The minimum absolute atomic E-state index is 0.0398. The fourth-order valence-corrected chi connectivity index (χ4v) is 2.14. The number of rotatable bonds is 4. The van der Waals surface area contributed by atoms with Crippen molar-refractivity contribution in [2.75, 3.05) is 19.8 Å². The third-order valence-electron chi connectivity index (χ3n) is 2.36. The summed E-state index contributed by atoms with van der Waals surface area (Å²) in [5, 5.41) is 0. The van der Waals surface area contributed by atoms with Gasteiger partial charge < -0.3 is 4.90 Å². The number of carbonyl (C=O) groups is 1. The molecular formula is C11H16N2O3S. The molecule has 0 aliphatic rings. The molecule has 0 N–H and O–H groups in total. The second kappa shape index (κ2) is 5.27. The van der Waals surface area contributed by atoms with Gasteiger partial charge in [-0.1, -0.05) is 6.92 Å². The van der Waals surface area contributed by atoms with E-state index in [1.165, 1.54) is 23.2 Å². The average Bonchev–Trinajstić information content (AvgIpc) is 2.29. The van der Waals surface area contributed by atoms with Gasteiger partial charge in [0, 0.05) is 20.3 Å². The molecule has 5 nitrogen and oxygen atoms in total. The zero-order chi connectivity index (χ0) is 13.1. The highest BCUT2D eigenvalue weighted by Crippen LogP contribution is 2.11. The van der Waals surface area contributed by atoms with Gasteiger partial charge in [-0.05, 0) is 12.1 Å².